The van der Waals surface area contributed by atoms with Crippen LogP contribution in [-0.4, -0.2) is 16.0 Å². The minimum atomic E-state index is -0.441. The van der Waals surface area contributed by atoms with E-state index in [2.05, 4.69) is 0 Å². The van der Waals surface area contributed by atoms with Crippen molar-refractivity contribution < 1.29 is 24.2 Å². The minimum Gasteiger partial charge on any atom is -0.508 e. The summed E-state index contributed by atoms with van der Waals surface area (Å²) < 4.78 is 10.8. The third-order valence-electron chi connectivity index (χ3n) is 3.20. The first kappa shape index (κ1) is 12.3. The van der Waals surface area contributed by atoms with Crippen molar-refractivity contribution in [2.24, 2.45) is 0 Å². The molecule has 5 heteroatoms. The van der Waals surface area contributed by atoms with Gasteiger partial charge in [0.25, 0.3) is 0 Å². The SMILES string of the molecule is Cc1cc(/C=C2\Oc3cc(O)cc(O)c3C2=O)oc1C. The fourth-order valence-corrected chi connectivity index (χ4v) is 2.08. The van der Waals surface area contributed by atoms with E-state index in [1.54, 1.807) is 6.07 Å². The summed E-state index contributed by atoms with van der Waals surface area (Å²) in [7, 11) is 0. The Morgan fingerprint density at radius 2 is 1.90 bits per heavy atom. The lowest BCUT2D eigenvalue weighted by atomic mass is 10.1. The van der Waals surface area contributed by atoms with Gasteiger partial charge in [0.05, 0.1) is 0 Å². The van der Waals surface area contributed by atoms with Crippen LogP contribution in [0.3, 0.4) is 0 Å². The van der Waals surface area contributed by atoms with E-state index in [4.69, 9.17) is 9.15 Å². The Labute approximate surface area is 114 Å². The first-order valence-electron chi connectivity index (χ1n) is 6.03. The van der Waals surface area contributed by atoms with Crippen molar-refractivity contribution in [1.29, 1.82) is 0 Å². The summed E-state index contributed by atoms with van der Waals surface area (Å²) in [6, 6.07) is 4.18. The number of benzene rings is 1. The molecule has 0 saturated carbocycles. The van der Waals surface area contributed by atoms with E-state index in [9.17, 15) is 15.0 Å². The van der Waals surface area contributed by atoms with Crippen molar-refractivity contribution in [3.8, 4) is 17.2 Å². The number of phenolic OH excluding ortho intramolecular Hbond substituents is 2. The van der Waals surface area contributed by atoms with E-state index in [0.717, 1.165) is 17.4 Å². The number of hydrogen-bond acceptors (Lipinski definition) is 5. The molecule has 102 valence electrons. The summed E-state index contributed by atoms with van der Waals surface area (Å²) in [5.41, 5.74) is 1.02. The standard InChI is InChI=1S/C15H12O5/c1-7-3-10(19-8(7)2)6-13-15(18)14-11(17)4-9(16)5-12(14)20-13/h3-6,16-17H,1-2H3/b13-6-. The number of fused-ring (bicyclic) bond motifs is 1. The predicted octanol–water partition coefficient (Wildman–Crippen LogP) is 2.92. The molecule has 1 aliphatic rings. The van der Waals surface area contributed by atoms with E-state index in [1.165, 1.54) is 12.1 Å². The molecule has 1 aliphatic heterocycles. The van der Waals surface area contributed by atoms with Gasteiger partial charge < -0.3 is 19.4 Å². The lowest BCUT2D eigenvalue weighted by Gasteiger charge is -1.99. The zero-order chi connectivity index (χ0) is 14.4. The summed E-state index contributed by atoms with van der Waals surface area (Å²) in [5, 5.41) is 19.1. The van der Waals surface area contributed by atoms with Gasteiger partial charge in [0.1, 0.15) is 34.3 Å². The first-order valence-corrected chi connectivity index (χ1v) is 6.03. The number of allylic oxidation sites excluding steroid dienone is 1. The first-order chi connectivity index (χ1) is 9.45. The average Bonchev–Trinajstić information content (AvgIpc) is 2.81. The van der Waals surface area contributed by atoms with Crippen molar-refractivity contribution in [2.45, 2.75) is 13.8 Å². The van der Waals surface area contributed by atoms with Gasteiger partial charge in [-0.25, -0.2) is 0 Å². The number of hydrogen-bond donors (Lipinski definition) is 2. The second kappa shape index (κ2) is 4.16. The highest BCUT2D eigenvalue weighted by atomic mass is 16.5. The fraction of sp³-hybridized carbons (Fsp3) is 0.133. The molecule has 2 heterocycles. The molecule has 0 amide bonds. The highest BCUT2D eigenvalue weighted by Crippen LogP contribution is 2.40. The van der Waals surface area contributed by atoms with Crippen LogP contribution in [0.15, 0.2) is 28.4 Å². The number of carbonyl (C=O) groups excluding carboxylic acids is 1. The van der Waals surface area contributed by atoms with Crippen molar-refractivity contribution in [1.82, 2.24) is 0 Å². The van der Waals surface area contributed by atoms with Gasteiger partial charge in [0.2, 0.25) is 5.78 Å². The molecule has 0 radical (unpaired) electrons. The molecule has 2 aromatic rings. The van der Waals surface area contributed by atoms with E-state index in [0.29, 0.717) is 5.76 Å². The van der Waals surface area contributed by atoms with Crippen LogP contribution in [0.5, 0.6) is 17.2 Å². The number of furan rings is 1. The summed E-state index contributed by atoms with van der Waals surface area (Å²) >= 11 is 0. The maximum absolute atomic E-state index is 12.1. The van der Waals surface area contributed by atoms with Crippen LogP contribution in [0.1, 0.15) is 27.4 Å². The predicted molar refractivity (Wildman–Crippen MR) is 70.9 cm³/mol. The van der Waals surface area contributed by atoms with Gasteiger partial charge in [0.15, 0.2) is 5.76 Å². The molecule has 2 N–H and O–H groups in total. The highest BCUT2D eigenvalue weighted by Gasteiger charge is 2.31. The molecule has 0 unspecified atom stereocenters. The number of aryl methyl sites for hydroxylation is 2. The number of phenols is 2. The summed E-state index contributed by atoms with van der Waals surface area (Å²) in [6.45, 7) is 3.73. The molecule has 0 spiro atoms. The molecule has 0 aliphatic carbocycles. The zero-order valence-electron chi connectivity index (χ0n) is 10.9. The topological polar surface area (TPSA) is 79.9 Å². The summed E-state index contributed by atoms with van der Waals surface area (Å²) in [4.78, 5) is 12.1. The van der Waals surface area contributed by atoms with Gasteiger partial charge in [-0.3, -0.25) is 4.79 Å². The van der Waals surface area contributed by atoms with Crippen molar-refractivity contribution in [2.75, 3.05) is 0 Å². The zero-order valence-corrected chi connectivity index (χ0v) is 10.9. The second-order valence-corrected chi connectivity index (χ2v) is 4.67. The molecule has 1 aromatic heterocycles. The molecule has 0 bridgehead atoms. The number of aromatic hydroxyl groups is 2. The number of Topliss-reactive ketones (excluding diaryl/α,β-unsaturated/α-hetero) is 1. The van der Waals surface area contributed by atoms with Gasteiger partial charge in [-0.1, -0.05) is 0 Å². The van der Waals surface area contributed by atoms with Gasteiger partial charge in [-0.2, -0.15) is 0 Å². The van der Waals surface area contributed by atoms with Crippen LogP contribution in [0, 0.1) is 13.8 Å². The van der Waals surface area contributed by atoms with Crippen molar-refractivity contribution in [3.05, 3.63) is 46.6 Å². The van der Waals surface area contributed by atoms with Crippen LogP contribution in [0.25, 0.3) is 6.08 Å². The van der Waals surface area contributed by atoms with Crippen LogP contribution in [-0.2, 0) is 0 Å². The Hall–Kier alpha value is -2.69. The van der Waals surface area contributed by atoms with Gasteiger partial charge in [-0.15, -0.1) is 0 Å². The van der Waals surface area contributed by atoms with Crippen LogP contribution in [0.2, 0.25) is 0 Å². The molecular weight excluding hydrogens is 260 g/mol. The van der Waals surface area contributed by atoms with Crippen LogP contribution in [0.4, 0.5) is 0 Å². The maximum Gasteiger partial charge on any atom is 0.235 e. The van der Waals surface area contributed by atoms with E-state index in [-0.39, 0.29) is 28.6 Å². The fourth-order valence-electron chi connectivity index (χ4n) is 2.08. The number of ketones is 1. The Morgan fingerprint density at radius 3 is 2.55 bits per heavy atom. The van der Waals surface area contributed by atoms with Gasteiger partial charge in [-0.05, 0) is 25.5 Å². The lowest BCUT2D eigenvalue weighted by molar-refractivity contribution is 0.101. The molecule has 0 atom stereocenters. The molecule has 0 saturated heterocycles. The normalized spacial score (nSPS) is 15.5. The Balaban J connectivity index is 2.03. The van der Waals surface area contributed by atoms with Crippen molar-refractivity contribution >= 4 is 11.9 Å². The smallest absolute Gasteiger partial charge is 0.235 e. The molecule has 0 fully saturated rings. The quantitative estimate of drug-likeness (QED) is 0.780. The summed E-state index contributed by atoms with van der Waals surface area (Å²) in [6.07, 6.45) is 1.47. The Morgan fingerprint density at radius 1 is 1.15 bits per heavy atom. The van der Waals surface area contributed by atoms with Crippen LogP contribution >= 0.6 is 0 Å². The average molecular weight is 272 g/mol. The molecule has 3 rings (SSSR count). The molecular formula is C15H12O5. The molecule has 1 aromatic carbocycles. The summed E-state index contributed by atoms with van der Waals surface area (Å²) in [5.74, 6) is 0.540. The minimum absolute atomic E-state index is 0.0500. The third kappa shape index (κ3) is 1.84. The van der Waals surface area contributed by atoms with Gasteiger partial charge >= 0.3 is 0 Å². The number of ether oxygens (including phenoxy) is 1. The maximum atomic E-state index is 12.1. The molecule has 5 nitrogen and oxygen atoms in total. The largest absolute Gasteiger partial charge is 0.508 e. The Bertz CT molecular complexity index is 732. The van der Waals surface area contributed by atoms with Crippen molar-refractivity contribution in [3.63, 3.8) is 0 Å². The number of rotatable bonds is 1. The number of carbonyl (C=O) groups is 1. The monoisotopic (exact) mass is 272 g/mol. The highest BCUT2D eigenvalue weighted by molar-refractivity contribution is 6.16. The third-order valence-corrected chi connectivity index (χ3v) is 3.20. The Kier molecular flexibility index (Phi) is 2.57. The van der Waals surface area contributed by atoms with E-state index >= 15 is 0 Å². The van der Waals surface area contributed by atoms with Crippen LogP contribution < -0.4 is 4.74 Å². The second-order valence-electron chi connectivity index (χ2n) is 4.67. The van der Waals surface area contributed by atoms with E-state index < -0.39 is 5.78 Å². The lowest BCUT2D eigenvalue weighted by Crippen LogP contribution is -1.98. The molecule has 20 heavy (non-hydrogen) atoms. The van der Waals surface area contributed by atoms with E-state index in [1.807, 2.05) is 13.8 Å². The van der Waals surface area contributed by atoms with Gasteiger partial charge in [0, 0.05) is 18.2 Å².